The summed E-state index contributed by atoms with van der Waals surface area (Å²) in [5, 5.41) is 13.0. The number of likely N-dealkylation sites (N-methyl/N-ethyl adjacent to an activating group) is 1. The van der Waals surface area contributed by atoms with Crippen LogP contribution in [0.4, 0.5) is 11.4 Å². The van der Waals surface area contributed by atoms with E-state index in [0.717, 1.165) is 16.1 Å². The predicted molar refractivity (Wildman–Crippen MR) is 152 cm³/mol. The molecule has 190 valence electrons. The number of carbonyl (C=O) groups is 3. The number of halogens is 3. The van der Waals surface area contributed by atoms with Crippen molar-refractivity contribution in [2.24, 2.45) is 5.92 Å². The van der Waals surface area contributed by atoms with Gasteiger partial charge in [-0.25, -0.2) is 0 Å². The Labute approximate surface area is 239 Å². The third-order valence-electron chi connectivity index (χ3n) is 7.54. The quantitative estimate of drug-likeness (QED) is 0.327. The van der Waals surface area contributed by atoms with E-state index in [0.29, 0.717) is 32.5 Å². The summed E-state index contributed by atoms with van der Waals surface area (Å²) >= 11 is 10.6. The first-order valence-corrected chi connectivity index (χ1v) is 13.8. The van der Waals surface area contributed by atoms with Crippen LogP contribution in [0.25, 0.3) is 0 Å². The van der Waals surface area contributed by atoms with E-state index in [1.54, 1.807) is 12.1 Å². The van der Waals surface area contributed by atoms with E-state index < -0.39 is 16.9 Å². The van der Waals surface area contributed by atoms with Crippen molar-refractivity contribution in [3.8, 4) is 0 Å². The zero-order valence-corrected chi connectivity index (χ0v) is 24.6. The van der Waals surface area contributed by atoms with Crippen molar-refractivity contribution >= 4 is 76.8 Å². The third kappa shape index (κ3) is 3.39. The number of likely N-dealkylation sites (tertiary alicyclic amines) is 1. The van der Waals surface area contributed by atoms with Gasteiger partial charge < -0.3 is 15.7 Å². The second-order valence-electron chi connectivity index (χ2n) is 9.09. The van der Waals surface area contributed by atoms with Crippen LogP contribution in [0.1, 0.15) is 21.5 Å². The number of aliphatic hydroxyl groups excluding tert-OH is 1. The number of amides is 2. The van der Waals surface area contributed by atoms with Crippen LogP contribution in [-0.4, -0.2) is 48.3 Å². The second kappa shape index (κ2) is 9.43. The fourth-order valence-corrected chi connectivity index (χ4v) is 7.85. The molecule has 1 fully saturated rings. The summed E-state index contributed by atoms with van der Waals surface area (Å²) in [5.41, 5.74) is 0.135. The minimum absolute atomic E-state index is 0.177. The predicted octanol–water partition coefficient (Wildman–Crippen LogP) is 5.06. The summed E-state index contributed by atoms with van der Waals surface area (Å²) in [6, 6.07) is 18.2. The van der Waals surface area contributed by atoms with Crippen molar-refractivity contribution in [1.82, 2.24) is 4.90 Å². The van der Waals surface area contributed by atoms with Crippen molar-refractivity contribution in [1.29, 1.82) is 0 Å². The van der Waals surface area contributed by atoms with Gasteiger partial charge in [0.1, 0.15) is 11.0 Å². The first kappa shape index (κ1) is 26.2. The number of benzene rings is 3. The Morgan fingerprint density at radius 2 is 1.59 bits per heavy atom. The van der Waals surface area contributed by atoms with Crippen LogP contribution in [0.5, 0.6) is 0 Å². The summed E-state index contributed by atoms with van der Waals surface area (Å²) in [6.07, 6.45) is 0. The van der Waals surface area contributed by atoms with E-state index in [-0.39, 0.29) is 24.1 Å². The fourth-order valence-electron chi connectivity index (χ4n) is 6.26. The van der Waals surface area contributed by atoms with Crippen molar-refractivity contribution in [3.63, 3.8) is 0 Å². The lowest BCUT2D eigenvalue weighted by molar-refractivity contribution is -0.136. The number of fused-ring (bicyclic) bond motifs is 5. The molecular formula is C27H22Br3N3O4. The van der Waals surface area contributed by atoms with E-state index in [1.165, 1.54) is 0 Å². The number of rotatable bonds is 2. The van der Waals surface area contributed by atoms with E-state index in [9.17, 15) is 14.4 Å². The zero-order chi connectivity index (χ0) is 26.7. The average Bonchev–Trinajstić information content (AvgIpc) is 3.46. The molecule has 3 aromatic carbocycles. The van der Waals surface area contributed by atoms with E-state index in [2.05, 4.69) is 58.4 Å². The standard InChI is InChI=1S/C26H18Br3N3O3.CH4O/c1-32-12-18(22(33)13-6-8-14(27)9-7-13)25(16-4-2-3-5-20(16)30-23(25)34)26(32)17-10-15(28)11-19(29)21(17)31-24(26)35;1-2/h2-11,18H,12H2,1H3,(H,30,34)(H,31,35);2H,1H3/t18-,25+,26+;/m0./s1. The van der Waals surface area contributed by atoms with Crippen LogP contribution in [0.3, 0.4) is 0 Å². The van der Waals surface area contributed by atoms with Gasteiger partial charge in [-0.3, -0.25) is 19.3 Å². The highest BCUT2D eigenvalue weighted by Gasteiger charge is 2.77. The number of aliphatic hydroxyl groups is 1. The minimum atomic E-state index is -1.47. The SMILES string of the molecule is CN1C[C@@H](C(=O)c2ccc(Br)cc2)[C@]2(C(=O)Nc3ccccc32)[C@@]12C(=O)Nc1c(Br)cc(Br)cc12.CO. The number of carbonyl (C=O) groups excluding carboxylic acids is 3. The van der Waals surface area contributed by atoms with Gasteiger partial charge in [-0.05, 0) is 58.9 Å². The normalized spacial score (nSPS) is 25.4. The molecule has 10 heteroatoms. The molecule has 0 radical (unpaired) electrons. The molecule has 3 aromatic rings. The Hall–Kier alpha value is -2.37. The molecule has 2 amide bonds. The van der Waals surface area contributed by atoms with Crippen molar-refractivity contribution in [2.45, 2.75) is 11.0 Å². The molecule has 6 rings (SSSR count). The van der Waals surface area contributed by atoms with Crippen LogP contribution in [0.15, 0.2) is 74.1 Å². The van der Waals surface area contributed by atoms with Crippen LogP contribution in [0, 0.1) is 5.92 Å². The van der Waals surface area contributed by atoms with Crippen LogP contribution in [-0.2, 0) is 20.5 Å². The van der Waals surface area contributed by atoms with Crippen molar-refractivity contribution in [3.05, 3.63) is 90.8 Å². The molecular weight excluding hydrogens is 670 g/mol. The highest BCUT2D eigenvalue weighted by Crippen LogP contribution is 2.64. The van der Waals surface area contributed by atoms with E-state index in [4.69, 9.17) is 5.11 Å². The molecule has 0 aromatic heterocycles. The fraction of sp³-hybridized carbons (Fsp3) is 0.222. The van der Waals surface area contributed by atoms with Gasteiger partial charge in [-0.1, -0.05) is 62.2 Å². The molecule has 3 N–H and O–H groups in total. The third-order valence-corrected chi connectivity index (χ3v) is 9.15. The van der Waals surface area contributed by atoms with Gasteiger partial charge in [0.05, 0.1) is 11.6 Å². The van der Waals surface area contributed by atoms with Gasteiger partial charge >= 0.3 is 0 Å². The number of ketones is 1. The molecule has 1 saturated heterocycles. The second-order valence-corrected chi connectivity index (χ2v) is 11.8. The van der Waals surface area contributed by atoms with Crippen LogP contribution >= 0.6 is 47.8 Å². The average molecular weight is 692 g/mol. The molecule has 2 spiro atoms. The van der Waals surface area contributed by atoms with Gasteiger partial charge in [-0.15, -0.1) is 0 Å². The molecule has 0 aliphatic carbocycles. The maximum Gasteiger partial charge on any atom is 0.251 e. The lowest BCUT2D eigenvalue weighted by Crippen LogP contribution is -2.61. The Morgan fingerprint density at radius 3 is 2.30 bits per heavy atom. The summed E-state index contributed by atoms with van der Waals surface area (Å²) in [7, 11) is 2.81. The van der Waals surface area contributed by atoms with Gasteiger partial charge in [-0.2, -0.15) is 0 Å². The number of hydrogen-bond acceptors (Lipinski definition) is 5. The zero-order valence-electron chi connectivity index (χ0n) is 19.8. The Bertz CT molecular complexity index is 1460. The molecule has 3 aliphatic heterocycles. The number of nitrogens with zero attached hydrogens (tertiary/aromatic N) is 1. The minimum Gasteiger partial charge on any atom is -0.400 e. The van der Waals surface area contributed by atoms with Crippen molar-refractivity contribution < 1.29 is 19.5 Å². The van der Waals surface area contributed by atoms with Gasteiger partial charge in [0.15, 0.2) is 5.78 Å². The number of Topliss-reactive ketones (excluding diaryl/α,β-unsaturated/α-hetero) is 1. The molecule has 7 nitrogen and oxygen atoms in total. The monoisotopic (exact) mass is 689 g/mol. The molecule has 37 heavy (non-hydrogen) atoms. The number of anilines is 2. The van der Waals surface area contributed by atoms with E-state index >= 15 is 0 Å². The van der Waals surface area contributed by atoms with E-state index in [1.807, 2.05) is 60.5 Å². The Balaban J connectivity index is 0.00000137. The Kier molecular flexibility index (Phi) is 6.69. The summed E-state index contributed by atoms with van der Waals surface area (Å²) in [5.74, 6) is -1.65. The smallest absolute Gasteiger partial charge is 0.251 e. The molecule has 0 bridgehead atoms. The first-order valence-electron chi connectivity index (χ1n) is 11.4. The maximum absolute atomic E-state index is 14.2. The Morgan fingerprint density at radius 1 is 0.919 bits per heavy atom. The highest BCUT2D eigenvalue weighted by molar-refractivity contribution is 9.11. The maximum atomic E-state index is 14.2. The van der Waals surface area contributed by atoms with Gasteiger partial charge in [0.2, 0.25) is 5.91 Å². The lowest BCUT2D eigenvalue weighted by atomic mass is 9.58. The molecule has 3 atom stereocenters. The number of nitrogens with one attached hydrogen (secondary N) is 2. The summed E-state index contributed by atoms with van der Waals surface area (Å²) in [4.78, 5) is 44.3. The molecule has 0 unspecified atom stereocenters. The highest BCUT2D eigenvalue weighted by atomic mass is 79.9. The van der Waals surface area contributed by atoms with Crippen LogP contribution in [0.2, 0.25) is 0 Å². The topological polar surface area (TPSA) is 98.7 Å². The molecule has 3 heterocycles. The molecule has 0 saturated carbocycles. The van der Waals surface area contributed by atoms with Gasteiger partial charge in [0, 0.05) is 43.9 Å². The number of hydrogen-bond donors (Lipinski definition) is 3. The first-order chi connectivity index (χ1) is 17.7. The number of para-hydroxylation sites is 1. The van der Waals surface area contributed by atoms with Gasteiger partial charge in [0.25, 0.3) is 5.91 Å². The largest absolute Gasteiger partial charge is 0.400 e. The van der Waals surface area contributed by atoms with Crippen molar-refractivity contribution in [2.75, 3.05) is 31.3 Å². The molecule has 3 aliphatic rings. The summed E-state index contributed by atoms with van der Waals surface area (Å²) < 4.78 is 2.31. The lowest BCUT2D eigenvalue weighted by Gasteiger charge is -2.42. The van der Waals surface area contributed by atoms with Crippen LogP contribution < -0.4 is 10.6 Å². The summed E-state index contributed by atoms with van der Waals surface area (Å²) in [6.45, 7) is 0.230.